The van der Waals surface area contributed by atoms with Gasteiger partial charge in [0.2, 0.25) is 10.0 Å². The zero-order chi connectivity index (χ0) is 21.3. The Labute approximate surface area is 198 Å². The maximum Gasteiger partial charge on any atom is 0.242 e. The Bertz CT molecular complexity index is 997. The summed E-state index contributed by atoms with van der Waals surface area (Å²) in [6.07, 6.45) is 0.765. The van der Waals surface area contributed by atoms with Crippen LogP contribution >= 0.6 is 43.6 Å². The molecule has 0 saturated carbocycles. The minimum atomic E-state index is -3.59. The van der Waals surface area contributed by atoms with E-state index in [1.807, 2.05) is 17.8 Å². The molecular weight excluding hydrogens is 552 g/mol. The molecule has 1 saturated heterocycles. The van der Waals surface area contributed by atoms with Crippen LogP contribution in [0.25, 0.3) is 0 Å². The highest BCUT2D eigenvalue weighted by molar-refractivity contribution is 9.11. The van der Waals surface area contributed by atoms with Crippen molar-refractivity contribution in [3.63, 3.8) is 0 Å². The number of nitrogens with zero attached hydrogens (tertiary/aromatic N) is 1. The first-order valence-corrected chi connectivity index (χ1v) is 13.7. The van der Waals surface area contributed by atoms with Gasteiger partial charge < -0.3 is 15.5 Å². The molecule has 0 spiro atoms. The largest absolute Gasteiger partial charge is 0.371 e. The van der Waals surface area contributed by atoms with Gasteiger partial charge in [-0.05, 0) is 59.7 Å². The van der Waals surface area contributed by atoms with Gasteiger partial charge in [-0.2, -0.15) is 0 Å². The average molecular weight is 576 g/mol. The fourth-order valence-electron chi connectivity index (χ4n) is 3.88. The highest BCUT2D eigenvalue weighted by Crippen LogP contribution is 2.38. The first kappa shape index (κ1) is 22.6. The van der Waals surface area contributed by atoms with Crippen LogP contribution in [0.4, 0.5) is 5.69 Å². The van der Waals surface area contributed by atoms with Gasteiger partial charge in [0.1, 0.15) is 0 Å². The molecule has 3 N–H and O–H groups in total. The van der Waals surface area contributed by atoms with Gasteiger partial charge in [-0.1, -0.05) is 39.8 Å². The highest BCUT2D eigenvalue weighted by atomic mass is 79.9. The Morgan fingerprint density at radius 1 is 1.20 bits per heavy atom. The molecule has 1 fully saturated rings. The number of fused-ring (bicyclic) bond motifs is 1. The second-order valence-electron chi connectivity index (χ2n) is 7.70. The maximum absolute atomic E-state index is 12.8. The summed E-state index contributed by atoms with van der Waals surface area (Å²) in [5.41, 5.74) is 1.20. The summed E-state index contributed by atoms with van der Waals surface area (Å²) >= 11 is 8.55. The van der Waals surface area contributed by atoms with Crippen LogP contribution in [0.3, 0.4) is 0 Å². The van der Waals surface area contributed by atoms with E-state index in [4.69, 9.17) is 0 Å². The van der Waals surface area contributed by atoms with Crippen LogP contribution in [0.1, 0.15) is 6.42 Å². The lowest BCUT2D eigenvalue weighted by Crippen LogP contribution is -2.39. The molecule has 2 aliphatic rings. The Morgan fingerprint density at radius 2 is 2.00 bits per heavy atom. The van der Waals surface area contributed by atoms with Crippen molar-refractivity contribution >= 4 is 59.3 Å². The summed E-state index contributed by atoms with van der Waals surface area (Å²) < 4.78 is 29.8. The van der Waals surface area contributed by atoms with Crippen LogP contribution in [0.15, 0.2) is 61.2 Å². The third kappa shape index (κ3) is 5.40. The molecule has 30 heavy (non-hydrogen) atoms. The van der Waals surface area contributed by atoms with E-state index in [1.165, 1.54) is 10.6 Å². The van der Waals surface area contributed by atoms with Crippen molar-refractivity contribution in [1.82, 2.24) is 14.9 Å². The monoisotopic (exact) mass is 574 g/mol. The summed E-state index contributed by atoms with van der Waals surface area (Å²) in [7, 11) is -1.48. The second-order valence-corrected chi connectivity index (χ2v) is 12.4. The molecule has 2 aromatic carbocycles. The Balaban J connectivity index is 1.28. The maximum atomic E-state index is 12.8. The van der Waals surface area contributed by atoms with E-state index < -0.39 is 10.0 Å². The van der Waals surface area contributed by atoms with Crippen LogP contribution in [0.2, 0.25) is 0 Å². The number of halogens is 2. The van der Waals surface area contributed by atoms with Gasteiger partial charge in [-0.15, -0.1) is 0 Å². The van der Waals surface area contributed by atoms with Gasteiger partial charge in [-0.25, -0.2) is 13.1 Å². The molecule has 2 aromatic rings. The smallest absolute Gasteiger partial charge is 0.242 e. The van der Waals surface area contributed by atoms with E-state index >= 15 is 0 Å². The molecule has 2 heterocycles. The molecular formula is C20H24Br2N4O2S2. The second kappa shape index (κ2) is 9.48. The molecule has 6 nitrogen and oxygen atoms in total. The standard InChI is InChI=1S/C20H24Br2N4O2S2/c1-26(12-20-24-17-4-2-3-5-18(17)29-20)11-15-9-14(10-23-15)25-30(27,28)19-8-13(21)6-7-16(19)22/h2-8,14-15,20,23-25H,9-12H2,1H3/t14-,15-,20?/m1/s1. The molecule has 0 aliphatic carbocycles. The quantitative estimate of drug-likeness (QED) is 0.467. The molecule has 3 atom stereocenters. The van der Waals surface area contributed by atoms with Crippen molar-refractivity contribution in [2.75, 3.05) is 32.0 Å². The van der Waals surface area contributed by atoms with Gasteiger partial charge in [0.25, 0.3) is 0 Å². The third-order valence-corrected chi connectivity index (χ3v) is 9.38. The molecule has 4 rings (SSSR count). The number of anilines is 1. The predicted molar refractivity (Wildman–Crippen MR) is 130 cm³/mol. The number of likely N-dealkylation sites (N-methyl/N-ethyl adjacent to an activating group) is 1. The number of para-hydroxylation sites is 1. The summed E-state index contributed by atoms with van der Waals surface area (Å²) in [4.78, 5) is 3.85. The van der Waals surface area contributed by atoms with E-state index in [2.05, 4.69) is 83.4 Å². The van der Waals surface area contributed by atoms with Crippen LogP contribution in [-0.2, 0) is 10.0 Å². The van der Waals surface area contributed by atoms with Crippen LogP contribution in [0, 0.1) is 0 Å². The Hall–Kier alpha value is -0.620. The van der Waals surface area contributed by atoms with Crippen molar-refractivity contribution in [2.45, 2.75) is 33.7 Å². The average Bonchev–Trinajstić information content (AvgIpc) is 3.28. The summed E-state index contributed by atoms with van der Waals surface area (Å²) in [6, 6.07) is 13.7. The van der Waals surface area contributed by atoms with Gasteiger partial charge in [0.05, 0.1) is 10.3 Å². The van der Waals surface area contributed by atoms with Crippen LogP contribution < -0.4 is 15.4 Å². The molecule has 1 unspecified atom stereocenters. The number of benzene rings is 2. The van der Waals surface area contributed by atoms with Crippen molar-refractivity contribution in [3.05, 3.63) is 51.4 Å². The summed E-state index contributed by atoms with van der Waals surface area (Å²) in [5, 5.41) is 7.35. The van der Waals surface area contributed by atoms with E-state index in [1.54, 1.807) is 12.1 Å². The zero-order valence-corrected chi connectivity index (χ0v) is 21.2. The van der Waals surface area contributed by atoms with Gasteiger partial charge in [0, 0.05) is 51.2 Å². The molecule has 10 heteroatoms. The topological polar surface area (TPSA) is 73.5 Å². The van der Waals surface area contributed by atoms with E-state index in [0.29, 0.717) is 16.4 Å². The SMILES string of the molecule is CN(CC1Nc2ccccc2S1)C[C@H]1C[C@@H](NS(=O)(=O)c2cc(Br)ccc2Br)CN1. The van der Waals surface area contributed by atoms with Crippen LogP contribution in [-0.4, -0.2) is 57.5 Å². The van der Waals surface area contributed by atoms with E-state index in [0.717, 1.165) is 24.0 Å². The zero-order valence-electron chi connectivity index (χ0n) is 16.4. The van der Waals surface area contributed by atoms with E-state index in [9.17, 15) is 8.42 Å². The molecule has 0 bridgehead atoms. The third-order valence-electron chi connectivity index (χ3n) is 5.21. The van der Waals surface area contributed by atoms with Crippen LogP contribution in [0.5, 0.6) is 0 Å². The van der Waals surface area contributed by atoms with Crippen molar-refractivity contribution in [1.29, 1.82) is 0 Å². The lowest BCUT2D eigenvalue weighted by molar-refractivity contribution is 0.304. The van der Waals surface area contributed by atoms with Gasteiger partial charge in [0.15, 0.2) is 0 Å². The molecule has 0 radical (unpaired) electrons. The molecule has 0 aromatic heterocycles. The first-order chi connectivity index (χ1) is 14.3. The number of sulfonamides is 1. The highest BCUT2D eigenvalue weighted by Gasteiger charge is 2.30. The minimum Gasteiger partial charge on any atom is -0.371 e. The Kier molecular flexibility index (Phi) is 7.13. The summed E-state index contributed by atoms with van der Waals surface area (Å²) in [5.74, 6) is 0. The minimum absolute atomic E-state index is 0.123. The van der Waals surface area contributed by atoms with Crippen molar-refractivity contribution < 1.29 is 8.42 Å². The number of rotatable bonds is 7. The number of hydrogen-bond donors (Lipinski definition) is 3. The first-order valence-electron chi connectivity index (χ1n) is 9.72. The Morgan fingerprint density at radius 3 is 2.80 bits per heavy atom. The fraction of sp³-hybridized carbons (Fsp3) is 0.400. The van der Waals surface area contributed by atoms with Crippen molar-refractivity contribution in [3.8, 4) is 0 Å². The number of hydrogen-bond acceptors (Lipinski definition) is 6. The molecule has 2 aliphatic heterocycles. The number of thioether (sulfide) groups is 1. The summed E-state index contributed by atoms with van der Waals surface area (Å²) in [6.45, 7) is 2.41. The molecule has 0 amide bonds. The fourth-order valence-corrected chi connectivity index (χ4v) is 7.86. The molecule has 162 valence electrons. The van der Waals surface area contributed by atoms with Gasteiger partial charge in [-0.3, -0.25) is 0 Å². The lowest BCUT2D eigenvalue weighted by Gasteiger charge is -2.24. The number of nitrogens with one attached hydrogen (secondary N) is 3. The van der Waals surface area contributed by atoms with Gasteiger partial charge >= 0.3 is 0 Å². The van der Waals surface area contributed by atoms with E-state index in [-0.39, 0.29) is 17.0 Å². The normalized spacial score (nSPS) is 23.5. The van der Waals surface area contributed by atoms with Crippen molar-refractivity contribution in [2.24, 2.45) is 0 Å². The lowest BCUT2D eigenvalue weighted by atomic mass is 10.2. The predicted octanol–water partition coefficient (Wildman–Crippen LogP) is 3.70.